The molecule has 1 aliphatic heterocycles. The van der Waals surface area contributed by atoms with Gasteiger partial charge in [0, 0.05) is 30.4 Å². The highest BCUT2D eigenvalue weighted by Gasteiger charge is 2.62. The number of hydrogen-bond donors (Lipinski definition) is 1. The number of aliphatic hydroxyl groups excluding tert-OH is 1. The van der Waals surface area contributed by atoms with Gasteiger partial charge in [0.25, 0.3) is 11.2 Å². The summed E-state index contributed by atoms with van der Waals surface area (Å²) in [5.41, 5.74) is -1.68. The molecule has 17 heteroatoms. The standard InChI is InChI=1S/C42H38N3O12PS/c1-30(57-40(50)55-27-31-20-22-32(23-21-31)44(51)52)42(59-36(47)26-46)28-43(39(42)49)37(38(48)56-29-41(45(53)54)24-12-5-13-25-41)58(33-14-6-2-7-15-33,34-16-8-3-9-17-34)35-18-10-4-11-19-35/h2-24,30,46H,25-29H2,1H3/t30-,41+,42+/m1/s1. The molecule has 2 aliphatic rings. The van der Waals surface area contributed by atoms with Crippen LogP contribution in [0.25, 0.3) is 0 Å². The number of allylic oxidation sites excluding steroid dienone is 2. The number of likely N-dealkylation sites (tertiary alicyclic amines) is 1. The molecule has 1 N–H and O–H groups in total. The zero-order valence-corrected chi connectivity index (χ0v) is 33.2. The quantitative estimate of drug-likeness (QED) is 0.0569. The highest BCUT2D eigenvalue weighted by atomic mass is 32.2. The van der Waals surface area contributed by atoms with Crippen LogP contribution in [-0.4, -0.2) is 84.6 Å². The molecule has 0 bridgehead atoms. The smallest absolute Gasteiger partial charge is 0.453 e. The van der Waals surface area contributed by atoms with Crippen LogP contribution in [0.1, 0.15) is 18.9 Å². The largest absolute Gasteiger partial charge is 0.508 e. The van der Waals surface area contributed by atoms with Gasteiger partial charge in [0.1, 0.15) is 24.7 Å². The van der Waals surface area contributed by atoms with Gasteiger partial charge in [-0.3, -0.25) is 29.8 Å². The lowest BCUT2D eigenvalue weighted by Gasteiger charge is -2.51. The van der Waals surface area contributed by atoms with E-state index in [2.05, 4.69) is 0 Å². The first kappa shape index (κ1) is 42.3. The predicted octanol–water partition coefficient (Wildman–Crippen LogP) is 4.67. The number of nitro benzene ring substituents is 1. The molecule has 15 nitrogen and oxygen atoms in total. The third-order valence-electron chi connectivity index (χ3n) is 9.99. The van der Waals surface area contributed by atoms with Gasteiger partial charge in [0.05, 0.1) is 11.5 Å². The number of rotatable bonds is 15. The maximum atomic E-state index is 15.1. The van der Waals surface area contributed by atoms with Gasteiger partial charge in [-0.15, -0.1) is 0 Å². The van der Waals surface area contributed by atoms with Crippen molar-refractivity contribution in [3.63, 3.8) is 0 Å². The van der Waals surface area contributed by atoms with Gasteiger partial charge >= 0.3 is 12.1 Å². The van der Waals surface area contributed by atoms with Crippen LogP contribution in [0.2, 0.25) is 0 Å². The molecule has 0 unspecified atom stereocenters. The molecule has 0 aromatic heterocycles. The van der Waals surface area contributed by atoms with E-state index in [1.165, 1.54) is 48.2 Å². The minimum Gasteiger partial charge on any atom is -0.453 e. The number of thioether (sulfide) groups is 1. The van der Waals surface area contributed by atoms with Crippen LogP contribution in [0.4, 0.5) is 10.5 Å². The fraction of sp³-hybridized carbons (Fsp3) is 0.214. The van der Waals surface area contributed by atoms with Crippen molar-refractivity contribution < 1.29 is 48.3 Å². The number of carbonyl (C=O) groups excluding carboxylic acids is 4. The number of nitrogens with zero attached hydrogens (tertiary/aromatic N) is 3. The Hall–Kier alpha value is -6.35. The highest BCUT2D eigenvalue weighted by Crippen LogP contribution is 2.51. The van der Waals surface area contributed by atoms with Gasteiger partial charge < -0.3 is 24.2 Å². The first-order chi connectivity index (χ1) is 28.4. The fourth-order valence-electron chi connectivity index (χ4n) is 6.91. The van der Waals surface area contributed by atoms with Gasteiger partial charge in [-0.05, 0) is 46.6 Å². The Labute approximate surface area is 342 Å². The van der Waals surface area contributed by atoms with Crippen LogP contribution in [0.15, 0.2) is 140 Å². The van der Waals surface area contributed by atoms with Crippen LogP contribution in [0.3, 0.4) is 0 Å². The number of hydrogen-bond acceptors (Lipinski definition) is 13. The van der Waals surface area contributed by atoms with E-state index in [9.17, 15) is 34.9 Å². The van der Waals surface area contributed by atoms with Crippen LogP contribution in [-0.2, 0) is 35.2 Å². The number of ether oxygens (including phenoxy) is 3. The summed E-state index contributed by atoms with van der Waals surface area (Å²) in [6.45, 7) is -4.48. The van der Waals surface area contributed by atoms with Crippen molar-refractivity contribution in [2.45, 2.75) is 36.3 Å². The summed E-state index contributed by atoms with van der Waals surface area (Å²) in [4.78, 5) is 79.7. The number of non-ortho nitro benzene ring substituents is 1. The molecule has 6 rings (SSSR count). The molecular weight excluding hydrogens is 802 g/mol. The molecule has 4 aromatic carbocycles. The molecule has 59 heavy (non-hydrogen) atoms. The van der Waals surface area contributed by atoms with Crippen LogP contribution in [0.5, 0.6) is 0 Å². The third-order valence-corrected chi connectivity index (χ3v) is 15.6. The number of aliphatic hydroxyl groups is 1. The molecule has 1 aliphatic carbocycles. The third kappa shape index (κ3) is 8.46. The van der Waals surface area contributed by atoms with Crippen molar-refractivity contribution >= 4 is 68.8 Å². The van der Waals surface area contributed by atoms with Crippen molar-refractivity contribution in [3.05, 3.63) is 165 Å². The Balaban J connectivity index is 1.47. The van der Waals surface area contributed by atoms with E-state index in [0.29, 0.717) is 33.2 Å². The van der Waals surface area contributed by atoms with Crippen molar-refractivity contribution in [1.29, 1.82) is 0 Å². The van der Waals surface area contributed by atoms with E-state index in [1.807, 2.05) is 36.4 Å². The number of β-lactam (4-membered cyclic amide) rings is 1. The molecule has 1 heterocycles. The summed E-state index contributed by atoms with van der Waals surface area (Å²) in [7, 11) is 0. The molecule has 1 amide bonds. The first-order valence-corrected chi connectivity index (χ1v) is 20.8. The van der Waals surface area contributed by atoms with Crippen LogP contribution < -0.4 is 15.9 Å². The van der Waals surface area contributed by atoms with Gasteiger partial charge in [0.2, 0.25) is 11.0 Å². The van der Waals surface area contributed by atoms with Gasteiger partial charge in [0.15, 0.2) is 11.4 Å². The Kier molecular flexibility index (Phi) is 12.9. The van der Waals surface area contributed by atoms with Gasteiger partial charge in [-0.1, -0.05) is 121 Å². The van der Waals surface area contributed by atoms with E-state index in [-0.39, 0.29) is 24.1 Å². The second kappa shape index (κ2) is 18.1. The molecule has 304 valence electrons. The molecule has 3 atom stereocenters. The summed E-state index contributed by atoms with van der Waals surface area (Å²) in [5, 5.41) is 34.4. The second-order valence-electron chi connectivity index (χ2n) is 13.6. The minimum absolute atomic E-state index is 0.0593. The van der Waals surface area contributed by atoms with Gasteiger partial charge in [-0.25, -0.2) is 9.59 Å². The average molecular weight is 840 g/mol. The predicted molar refractivity (Wildman–Crippen MR) is 222 cm³/mol. The Morgan fingerprint density at radius 2 is 1.41 bits per heavy atom. The second-order valence-corrected chi connectivity index (χ2v) is 18.3. The number of benzene rings is 4. The molecule has 1 fully saturated rings. The van der Waals surface area contributed by atoms with Crippen molar-refractivity contribution in [2.75, 3.05) is 19.8 Å². The lowest BCUT2D eigenvalue weighted by molar-refractivity contribution is -0.557. The molecule has 0 radical (unpaired) electrons. The summed E-state index contributed by atoms with van der Waals surface area (Å²) >= 11 is 0.445. The lowest BCUT2D eigenvalue weighted by atomic mass is 9.91. The molecule has 1 saturated heterocycles. The molecular formula is C42H38N3O12PS. The molecule has 0 saturated carbocycles. The van der Waals surface area contributed by atoms with E-state index in [1.54, 1.807) is 66.7 Å². The number of carbonyl (C=O) groups is 4. The fourth-order valence-corrected chi connectivity index (χ4v) is 12.3. The summed E-state index contributed by atoms with van der Waals surface area (Å²) in [5.74, 6) is -1.85. The SMILES string of the molecule is C[C@@H](OC(=O)OCc1ccc([N+](=O)[O-])cc1)[C@@]1(SC(=O)CO)CN(C(C(=O)OC[C@]2([N+](=O)[O-])C=CC=CC2)=P(c2ccccc2)(c2ccccc2)c2ccccc2)C1=O. The van der Waals surface area contributed by atoms with E-state index < -0.39 is 76.0 Å². The van der Waals surface area contributed by atoms with Crippen LogP contribution in [0, 0.1) is 20.2 Å². The van der Waals surface area contributed by atoms with Crippen molar-refractivity contribution in [3.8, 4) is 0 Å². The maximum absolute atomic E-state index is 15.1. The average Bonchev–Trinajstić information content (AvgIpc) is 3.26. The topological polar surface area (TPSA) is 206 Å². The maximum Gasteiger partial charge on any atom is 0.508 e. The lowest BCUT2D eigenvalue weighted by Crippen LogP contribution is -2.73. The zero-order valence-electron chi connectivity index (χ0n) is 31.5. The van der Waals surface area contributed by atoms with Crippen LogP contribution >= 0.6 is 18.6 Å². The van der Waals surface area contributed by atoms with E-state index in [4.69, 9.17) is 14.2 Å². The highest BCUT2D eigenvalue weighted by molar-refractivity contribution is 8.15. The van der Waals surface area contributed by atoms with E-state index in [0.717, 1.165) is 0 Å². The van der Waals surface area contributed by atoms with Crippen molar-refractivity contribution in [1.82, 2.24) is 4.90 Å². The van der Waals surface area contributed by atoms with E-state index >= 15 is 9.59 Å². The van der Waals surface area contributed by atoms with Gasteiger partial charge in [-0.2, -0.15) is 0 Å². The Bertz CT molecular complexity index is 2260. The van der Waals surface area contributed by atoms with Crippen molar-refractivity contribution in [2.24, 2.45) is 0 Å². The summed E-state index contributed by atoms with van der Waals surface area (Å²) in [6.07, 6.45) is 3.43. The normalized spacial score (nSPS) is 18.9. The summed E-state index contributed by atoms with van der Waals surface area (Å²) < 4.78 is 14.9. The number of esters is 1. The molecule has 0 spiro atoms. The Morgan fingerprint density at radius 1 is 0.847 bits per heavy atom. The Morgan fingerprint density at radius 3 is 1.86 bits per heavy atom. The minimum atomic E-state index is -3.48. The monoisotopic (exact) mass is 839 g/mol. The molecule has 4 aromatic rings. The summed E-state index contributed by atoms with van der Waals surface area (Å²) in [6, 6.07) is 32.3. The zero-order chi connectivity index (χ0) is 42.2. The number of amides is 1. The number of nitro groups is 2. The first-order valence-electron chi connectivity index (χ1n) is 18.2.